The van der Waals surface area contributed by atoms with Gasteiger partial charge in [0.2, 0.25) is 0 Å². The third kappa shape index (κ3) is 3.24. The van der Waals surface area contributed by atoms with Crippen molar-refractivity contribution >= 4 is 24.2 Å². The number of halogens is 1. The minimum atomic E-state index is -0.382. The van der Waals surface area contributed by atoms with Crippen LogP contribution in [0.2, 0.25) is 0 Å². The first kappa shape index (κ1) is 15.9. The van der Waals surface area contributed by atoms with Crippen LogP contribution in [-0.4, -0.2) is 61.2 Å². The molecule has 7 heteroatoms. The van der Waals surface area contributed by atoms with E-state index in [0.29, 0.717) is 37.5 Å². The van der Waals surface area contributed by atoms with Crippen LogP contribution in [0.3, 0.4) is 0 Å². The summed E-state index contributed by atoms with van der Waals surface area (Å²) < 4.78 is 5.25. The number of hydroxylamine groups is 2. The summed E-state index contributed by atoms with van der Waals surface area (Å²) in [5, 5.41) is 0.866. The van der Waals surface area contributed by atoms with Crippen LogP contribution in [-0.2, 0) is 9.57 Å². The summed E-state index contributed by atoms with van der Waals surface area (Å²) in [6.45, 7) is 4.12. The predicted molar refractivity (Wildman–Crippen MR) is 77.4 cm³/mol. The van der Waals surface area contributed by atoms with Crippen molar-refractivity contribution in [1.29, 1.82) is 0 Å². The molecule has 1 aromatic carbocycles. The largest absolute Gasteiger partial charge is 0.379 e. The lowest BCUT2D eigenvalue weighted by Gasteiger charge is -2.26. The van der Waals surface area contributed by atoms with Gasteiger partial charge in [-0.1, -0.05) is 12.1 Å². The molecule has 1 fully saturated rings. The van der Waals surface area contributed by atoms with Gasteiger partial charge in [-0.15, -0.1) is 17.5 Å². The highest BCUT2D eigenvalue weighted by Gasteiger charge is 2.36. The second kappa shape index (κ2) is 7.00. The van der Waals surface area contributed by atoms with E-state index in [1.807, 2.05) is 0 Å². The summed E-state index contributed by atoms with van der Waals surface area (Å²) in [7, 11) is 0. The fourth-order valence-corrected chi connectivity index (χ4v) is 2.37. The topological polar surface area (TPSA) is 59.1 Å². The fraction of sp³-hybridized carbons (Fsp3) is 0.429. The minimum absolute atomic E-state index is 0. The van der Waals surface area contributed by atoms with Crippen LogP contribution in [0, 0.1) is 0 Å². The number of amides is 2. The van der Waals surface area contributed by atoms with Crippen molar-refractivity contribution < 1.29 is 19.2 Å². The van der Waals surface area contributed by atoms with E-state index in [9.17, 15) is 9.59 Å². The SMILES string of the molecule is Cl.O=C1c2ccccc2C(=O)N1OCCN1CCOCC1. The predicted octanol–water partition coefficient (Wildman–Crippen LogP) is 0.968. The summed E-state index contributed by atoms with van der Waals surface area (Å²) >= 11 is 0. The van der Waals surface area contributed by atoms with Crippen molar-refractivity contribution in [2.75, 3.05) is 39.5 Å². The summed E-state index contributed by atoms with van der Waals surface area (Å²) in [5.41, 5.74) is 0.813. The number of morpholine rings is 1. The van der Waals surface area contributed by atoms with E-state index in [4.69, 9.17) is 9.57 Å². The maximum Gasteiger partial charge on any atom is 0.285 e. The Kier molecular flexibility index (Phi) is 5.30. The minimum Gasteiger partial charge on any atom is -0.379 e. The highest BCUT2D eigenvalue weighted by atomic mass is 35.5. The molecular weight excluding hydrogens is 296 g/mol. The first-order chi connectivity index (χ1) is 9.77. The van der Waals surface area contributed by atoms with Crippen LogP contribution < -0.4 is 0 Å². The zero-order chi connectivity index (χ0) is 13.9. The van der Waals surface area contributed by atoms with Crippen molar-refractivity contribution in [2.45, 2.75) is 0 Å². The molecular formula is C14H17ClN2O4. The molecule has 0 aromatic heterocycles. The molecule has 21 heavy (non-hydrogen) atoms. The van der Waals surface area contributed by atoms with Crippen LogP contribution in [0.1, 0.15) is 20.7 Å². The van der Waals surface area contributed by atoms with Gasteiger partial charge < -0.3 is 4.74 Å². The summed E-state index contributed by atoms with van der Waals surface area (Å²) in [6, 6.07) is 6.75. The van der Waals surface area contributed by atoms with Gasteiger partial charge in [-0.05, 0) is 12.1 Å². The monoisotopic (exact) mass is 312 g/mol. The molecule has 114 valence electrons. The normalized spacial score (nSPS) is 18.6. The maximum absolute atomic E-state index is 12.0. The van der Waals surface area contributed by atoms with Crippen molar-refractivity contribution in [3.8, 4) is 0 Å². The average Bonchev–Trinajstić information content (AvgIpc) is 2.74. The van der Waals surface area contributed by atoms with Gasteiger partial charge in [0.1, 0.15) is 0 Å². The molecule has 1 aromatic rings. The molecule has 0 unspecified atom stereocenters. The molecule has 2 heterocycles. The van der Waals surface area contributed by atoms with Gasteiger partial charge >= 0.3 is 0 Å². The Morgan fingerprint density at radius 3 is 2.19 bits per heavy atom. The summed E-state index contributed by atoms with van der Waals surface area (Å²) in [6.07, 6.45) is 0. The van der Waals surface area contributed by atoms with Crippen molar-refractivity contribution in [1.82, 2.24) is 9.96 Å². The smallest absolute Gasteiger partial charge is 0.285 e. The quantitative estimate of drug-likeness (QED) is 0.775. The lowest BCUT2D eigenvalue weighted by atomic mass is 10.1. The molecule has 0 bridgehead atoms. The van der Waals surface area contributed by atoms with E-state index < -0.39 is 0 Å². The Bertz CT molecular complexity index is 496. The first-order valence-electron chi connectivity index (χ1n) is 6.68. The van der Waals surface area contributed by atoms with Crippen molar-refractivity contribution in [3.05, 3.63) is 35.4 Å². The molecule has 0 spiro atoms. The van der Waals surface area contributed by atoms with E-state index in [1.165, 1.54) is 0 Å². The van der Waals surface area contributed by atoms with Gasteiger partial charge in [0.25, 0.3) is 11.8 Å². The molecule has 0 N–H and O–H groups in total. The van der Waals surface area contributed by atoms with Gasteiger partial charge in [-0.3, -0.25) is 19.3 Å². The zero-order valence-electron chi connectivity index (χ0n) is 11.5. The van der Waals surface area contributed by atoms with Crippen LogP contribution >= 0.6 is 12.4 Å². The highest BCUT2D eigenvalue weighted by molar-refractivity contribution is 6.20. The second-order valence-electron chi connectivity index (χ2n) is 4.74. The molecule has 6 nitrogen and oxygen atoms in total. The van der Waals surface area contributed by atoms with Gasteiger partial charge in [0.05, 0.1) is 30.9 Å². The van der Waals surface area contributed by atoms with E-state index in [1.54, 1.807) is 24.3 Å². The molecule has 3 rings (SSSR count). The van der Waals surface area contributed by atoms with Gasteiger partial charge in [-0.2, -0.15) is 0 Å². The molecule has 2 aliphatic heterocycles. The highest BCUT2D eigenvalue weighted by Crippen LogP contribution is 2.22. The number of imide groups is 1. The molecule has 2 aliphatic rings. The third-order valence-electron chi connectivity index (χ3n) is 3.49. The Morgan fingerprint density at radius 1 is 1.05 bits per heavy atom. The molecule has 2 amide bonds. The zero-order valence-corrected chi connectivity index (χ0v) is 12.3. The maximum atomic E-state index is 12.0. The van der Waals surface area contributed by atoms with Crippen LogP contribution in [0.15, 0.2) is 24.3 Å². The van der Waals surface area contributed by atoms with Gasteiger partial charge in [-0.25, -0.2) is 0 Å². The average molecular weight is 313 g/mol. The van der Waals surface area contributed by atoms with Crippen LogP contribution in [0.25, 0.3) is 0 Å². The van der Waals surface area contributed by atoms with E-state index >= 15 is 0 Å². The molecule has 0 atom stereocenters. The van der Waals surface area contributed by atoms with E-state index in [0.717, 1.165) is 18.2 Å². The lowest BCUT2D eigenvalue weighted by molar-refractivity contribution is -0.0992. The van der Waals surface area contributed by atoms with Crippen molar-refractivity contribution in [2.24, 2.45) is 0 Å². The van der Waals surface area contributed by atoms with Crippen molar-refractivity contribution in [3.63, 3.8) is 0 Å². The van der Waals surface area contributed by atoms with Gasteiger partial charge in [0, 0.05) is 19.6 Å². The number of benzene rings is 1. The second-order valence-corrected chi connectivity index (χ2v) is 4.74. The number of carbonyl (C=O) groups is 2. The van der Waals surface area contributed by atoms with E-state index in [2.05, 4.69) is 4.90 Å². The van der Waals surface area contributed by atoms with Gasteiger partial charge in [0.15, 0.2) is 0 Å². The number of rotatable bonds is 4. The standard InChI is InChI=1S/C14H16N2O4.ClH/c17-13-11-3-1-2-4-12(11)14(18)16(13)20-10-7-15-5-8-19-9-6-15;/h1-4H,5-10H2;1H. The molecule has 0 saturated carbocycles. The Balaban J connectivity index is 0.00000161. The number of hydrogen-bond donors (Lipinski definition) is 0. The number of ether oxygens (including phenoxy) is 1. The lowest BCUT2D eigenvalue weighted by Crippen LogP contribution is -2.40. The third-order valence-corrected chi connectivity index (χ3v) is 3.49. The van der Waals surface area contributed by atoms with Crippen LogP contribution in [0.5, 0.6) is 0 Å². The summed E-state index contributed by atoms with van der Waals surface area (Å²) in [5.74, 6) is -0.764. The Hall–Kier alpha value is -1.47. The fourth-order valence-electron chi connectivity index (χ4n) is 2.37. The van der Waals surface area contributed by atoms with Crippen LogP contribution in [0.4, 0.5) is 0 Å². The summed E-state index contributed by atoms with van der Waals surface area (Å²) in [4.78, 5) is 31.6. The Morgan fingerprint density at radius 2 is 1.62 bits per heavy atom. The number of fused-ring (bicyclic) bond motifs is 1. The van der Waals surface area contributed by atoms with E-state index in [-0.39, 0.29) is 24.2 Å². The molecule has 1 saturated heterocycles. The number of hydrogen-bond acceptors (Lipinski definition) is 5. The first-order valence-corrected chi connectivity index (χ1v) is 6.68. The number of carbonyl (C=O) groups excluding carboxylic acids is 2. The molecule has 0 radical (unpaired) electrons. The molecule has 0 aliphatic carbocycles. The Labute approximate surface area is 129 Å². The number of nitrogens with zero attached hydrogens (tertiary/aromatic N) is 2.